The van der Waals surface area contributed by atoms with Crippen LogP contribution in [-0.2, 0) is 18.9 Å². The minimum Gasteiger partial charge on any atom is -0.475 e. The molecule has 0 radical (unpaired) electrons. The highest BCUT2D eigenvalue weighted by molar-refractivity contribution is 5.92. The number of pyridine rings is 1. The van der Waals surface area contributed by atoms with Crippen LogP contribution in [0, 0.1) is 5.92 Å². The van der Waals surface area contributed by atoms with Crippen LogP contribution in [0.5, 0.6) is 0 Å². The van der Waals surface area contributed by atoms with Gasteiger partial charge >= 0.3 is 18.3 Å². The molecule has 1 atom stereocenters. The van der Waals surface area contributed by atoms with Crippen LogP contribution in [0.15, 0.2) is 42.6 Å². The van der Waals surface area contributed by atoms with E-state index in [4.69, 9.17) is 0 Å². The number of hydrogen-bond donors (Lipinski definition) is 2. The number of hydrogen-bond acceptors (Lipinski definition) is 6. The SMILES string of the molecule is C[C@@H](Nc1nc(C(=O)O)nc2nc(-c3ncccc3C(F)(F)F)n(Cc3ccc(C(F)(F)F)cc3)c12)C1CCC1. The van der Waals surface area contributed by atoms with Crippen LogP contribution < -0.4 is 5.32 Å². The van der Waals surface area contributed by atoms with Crippen molar-refractivity contribution in [2.45, 2.75) is 51.1 Å². The van der Waals surface area contributed by atoms with Gasteiger partial charge in [0.1, 0.15) is 11.2 Å². The summed E-state index contributed by atoms with van der Waals surface area (Å²) in [6, 6.07) is 5.93. The number of imidazole rings is 1. The maximum absolute atomic E-state index is 14.0. The first-order valence-electron chi connectivity index (χ1n) is 12.3. The predicted molar refractivity (Wildman–Crippen MR) is 131 cm³/mol. The first-order valence-corrected chi connectivity index (χ1v) is 12.3. The molecule has 14 heteroatoms. The Kier molecular flexibility index (Phi) is 6.88. The standard InChI is InChI=1S/C26H22F6N6O2/c1-13(15-4-2-5-15)34-20-19-21(36-22(35-20)24(39)40)37-23(18-17(26(30,31)32)6-3-11-33-18)38(19)12-14-7-9-16(10-8-14)25(27,28)29/h3,6-11,13,15H,2,4-5,12H2,1H3,(H,39,40)(H,34,35,36)/t13-/m1/s1. The molecular weight excluding hydrogens is 542 g/mol. The second-order valence-electron chi connectivity index (χ2n) is 9.61. The van der Waals surface area contributed by atoms with E-state index in [0.717, 1.165) is 49.7 Å². The molecule has 0 amide bonds. The highest BCUT2D eigenvalue weighted by Gasteiger charge is 2.37. The van der Waals surface area contributed by atoms with Crippen molar-refractivity contribution in [3.63, 3.8) is 0 Å². The zero-order valence-electron chi connectivity index (χ0n) is 20.9. The smallest absolute Gasteiger partial charge is 0.418 e. The van der Waals surface area contributed by atoms with Gasteiger partial charge in [-0.3, -0.25) is 4.98 Å². The van der Waals surface area contributed by atoms with Crippen LogP contribution in [-0.4, -0.2) is 41.6 Å². The molecule has 0 unspecified atom stereocenters. The normalized spacial score (nSPS) is 15.2. The van der Waals surface area contributed by atoms with E-state index in [2.05, 4.69) is 25.3 Å². The average Bonchev–Trinajstić information content (AvgIpc) is 3.20. The van der Waals surface area contributed by atoms with E-state index >= 15 is 0 Å². The Labute approximate surface area is 223 Å². The van der Waals surface area contributed by atoms with E-state index < -0.39 is 41.0 Å². The topological polar surface area (TPSA) is 106 Å². The van der Waals surface area contributed by atoms with Crippen molar-refractivity contribution in [2.75, 3.05) is 5.32 Å². The van der Waals surface area contributed by atoms with Crippen LogP contribution >= 0.6 is 0 Å². The second-order valence-corrected chi connectivity index (χ2v) is 9.61. The number of rotatable bonds is 7. The molecule has 0 bridgehead atoms. The number of nitrogens with zero attached hydrogens (tertiary/aromatic N) is 5. The van der Waals surface area contributed by atoms with Crippen molar-refractivity contribution in [1.82, 2.24) is 24.5 Å². The monoisotopic (exact) mass is 564 g/mol. The summed E-state index contributed by atoms with van der Waals surface area (Å²) in [5, 5.41) is 12.8. The van der Waals surface area contributed by atoms with Gasteiger partial charge in [-0.25, -0.2) is 19.7 Å². The lowest BCUT2D eigenvalue weighted by Crippen LogP contribution is -2.31. The number of aromatic nitrogens is 5. The summed E-state index contributed by atoms with van der Waals surface area (Å²) < 4.78 is 82.6. The van der Waals surface area contributed by atoms with Gasteiger partial charge in [0.15, 0.2) is 17.3 Å². The molecule has 1 aromatic carbocycles. The van der Waals surface area contributed by atoms with Crippen LogP contribution in [0.3, 0.4) is 0 Å². The Morgan fingerprint density at radius 3 is 2.33 bits per heavy atom. The third-order valence-electron chi connectivity index (χ3n) is 6.96. The summed E-state index contributed by atoms with van der Waals surface area (Å²) in [6.45, 7) is 1.66. The Hall–Kier alpha value is -4.23. The number of benzene rings is 1. The van der Waals surface area contributed by atoms with Crippen LogP contribution in [0.2, 0.25) is 0 Å². The van der Waals surface area contributed by atoms with Gasteiger partial charge in [0.05, 0.1) is 11.1 Å². The number of halogens is 6. The number of carbonyl (C=O) groups is 1. The summed E-state index contributed by atoms with van der Waals surface area (Å²) in [5.74, 6) is -2.06. The summed E-state index contributed by atoms with van der Waals surface area (Å²) >= 11 is 0. The van der Waals surface area contributed by atoms with Gasteiger partial charge in [-0.05, 0) is 55.5 Å². The number of alkyl halides is 6. The Morgan fingerprint density at radius 1 is 1.05 bits per heavy atom. The van der Waals surface area contributed by atoms with Gasteiger partial charge < -0.3 is 15.0 Å². The van der Waals surface area contributed by atoms with E-state index in [1.807, 2.05) is 6.92 Å². The van der Waals surface area contributed by atoms with Crippen LogP contribution in [0.4, 0.5) is 32.2 Å². The summed E-state index contributed by atoms with van der Waals surface area (Å²) in [7, 11) is 0. The van der Waals surface area contributed by atoms with E-state index in [1.54, 1.807) is 0 Å². The summed E-state index contributed by atoms with van der Waals surface area (Å²) in [6.07, 6.45) is -5.32. The summed E-state index contributed by atoms with van der Waals surface area (Å²) in [4.78, 5) is 28.1. The fourth-order valence-corrected chi connectivity index (χ4v) is 4.63. The first-order chi connectivity index (χ1) is 18.8. The van der Waals surface area contributed by atoms with Crippen molar-refractivity contribution in [2.24, 2.45) is 5.92 Å². The van der Waals surface area contributed by atoms with Crippen molar-refractivity contribution in [3.05, 3.63) is 65.1 Å². The number of fused-ring (bicyclic) bond motifs is 1. The molecule has 2 N–H and O–H groups in total. The van der Waals surface area contributed by atoms with Gasteiger partial charge in [0, 0.05) is 18.8 Å². The van der Waals surface area contributed by atoms with E-state index in [9.17, 15) is 36.2 Å². The van der Waals surface area contributed by atoms with E-state index in [-0.39, 0.29) is 41.3 Å². The molecule has 0 spiro atoms. The van der Waals surface area contributed by atoms with Gasteiger partial charge in [0.2, 0.25) is 5.82 Å². The minimum absolute atomic E-state index is 0.0388. The van der Waals surface area contributed by atoms with Crippen molar-refractivity contribution < 1.29 is 36.2 Å². The number of carboxylic acids is 1. The molecule has 1 aliphatic rings. The first kappa shape index (κ1) is 27.3. The molecule has 3 heterocycles. The third kappa shape index (κ3) is 5.29. The molecule has 5 rings (SSSR count). The van der Waals surface area contributed by atoms with Gasteiger partial charge in [-0.15, -0.1) is 0 Å². The maximum Gasteiger partial charge on any atom is 0.418 e. The van der Waals surface area contributed by atoms with E-state index in [1.165, 1.54) is 16.7 Å². The van der Waals surface area contributed by atoms with Crippen LogP contribution in [0.1, 0.15) is 53.5 Å². The number of aromatic carboxylic acids is 1. The van der Waals surface area contributed by atoms with Gasteiger partial charge in [-0.1, -0.05) is 18.6 Å². The fourth-order valence-electron chi connectivity index (χ4n) is 4.63. The quantitative estimate of drug-likeness (QED) is 0.255. The third-order valence-corrected chi connectivity index (χ3v) is 6.96. The molecule has 40 heavy (non-hydrogen) atoms. The molecule has 1 aliphatic carbocycles. The zero-order valence-corrected chi connectivity index (χ0v) is 20.9. The minimum atomic E-state index is -4.81. The number of nitrogens with one attached hydrogen (secondary N) is 1. The van der Waals surface area contributed by atoms with Gasteiger partial charge in [0.25, 0.3) is 0 Å². The molecular formula is C26H22F6N6O2. The molecule has 1 fully saturated rings. The maximum atomic E-state index is 14.0. The highest BCUT2D eigenvalue weighted by Crippen LogP contribution is 2.38. The average molecular weight is 564 g/mol. The number of anilines is 1. The molecule has 1 saturated carbocycles. The molecule has 0 saturated heterocycles. The predicted octanol–water partition coefficient (Wildman–Crippen LogP) is 6.27. The lowest BCUT2D eigenvalue weighted by molar-refractivity contribution is -0.138. The number of carboxylic acid groups (broad SMARTS) is 1. The lowest BCUT2D eigenvalue weighted by Gasteiger charge is -2.32. The molecule has 8 nitrogen and oxygen atoms in total. The van der Waals surface area contributed by atoms with Crippen molar-refractivity contribution in [3.8, 4) is 11.5 Å². The fraction of sp³-hybridized carbons (Fsp3) is 0.346. The Balaban J connectivity index is 1.73. The second kappa shape index (κ2) is 10.1. The molecule has 4 aromatic rings. The largest absolute Gasteiger partial charge is 0.475 e. The van der Waals surface area contributed by atoms with Crippen LogP contribution in [0.25, 0.3) is 22.7 Å². The molecule has 210 valence electrons. The van der Waals surface area contributed by atoms with Gasteiger partial charge in [-0.2, -0.15) is 26.3 Å². The van der Waals surface area contributed by atoms with E-state index in [0.29, 0.717) is 5.56 Å². The molecule has 0 aliphatic heterocycles. The van der Waals surface area contributed by atoms with Crippen molar-refractivity contribution in [1.29, 1.82) is 0 Å². The lowest BCUT2D eigenvalue weighted by atomic mass is 9.80. The summed E-state index contributed by atoms with van der Waals surface area (Å²) in [5.41, 5.74) is -2.31. The Morgan fingerprint density at radius 2 is 1.75 bits per heavy atom. The Bertz CT molecular complexity index is 1560. The highest BCUT2D eigenvalue weighted by atomic mass is 19.4. The zero-order chi connectivity index (χ0) is 28.8. The van der Waals surface area contributed by atoms with Crippen molar-refractivity contribution >= 4 is 23.0 Å². The molecule has 3 aromatic heterocycles.